The SMILES string of the molecule is CC1(F)CN(C(=O)Cn2cnn3c(Br)cc(-c4cccc(Cl)c4)c3c2=O)C1. The Labute approximate surface area is 167 Å². The fourth-order valence-corrected chi connectivity index (χ4v) is 3.94. The summed E-state index contributed by atoms with van der Waals surface area (Å²) >= 11 is 9.48. The third-order valence-electron chi connectivity index (χ3n) is 4.54. The van der Waals surface area contributed by atoms with Crippen molar-refractivity contribution in [2.75, 3.05) is 13.1 Å². The molecule has 27 heavy (non-hydrogen) atoms. The topological polar surface area (TPSA) is 59.6 Å². The van der Waals surface area contributed by atoms with Crippen LogP contribution < -0.4 is 5.56 Å². The van der Waals surface area contributed by atoms with Crippen LogP contribution in [-0.4, -0.2) is 43.7 Å². The van der Waals surface area contributed by atoms with Crippen LogP contribution in [0.1, 0.15) is 6.92 Å². The Hall–Kier alpha value is -2.19. The van der Waals surface area contributed by atoms with E-state index in [1.807, 2.05) is 6.07 Å². The van der Waals surface area contributed by atoms with E-state index < -0.39 is 5.67 Å². The first-order chi connectivity index (χ1) is 12.7. The smallest absolute Gasteiger partial charge is 0.278 e. The molecule has 0 bridgehead atoms. The molecule has 1 aromatic carbocycles. The molecule has 0 unspecified atom stereocenters. The minimum atomic E-state index is -1.35. The summed E-state index contributed by atoms with van der Waals surface area (Å²) in [5.41, 5.74) is 0.0455. The van der Waals surface area contributed by atoms with Gasteiger partial charge in [0, 0.05) is 10.6 Å². The number of carbonyl (C=O) groups excluding carboxylic acids is 1. The molecule has 0 spiro atoms. The summed E-state index contributed by atoms with van der Waals surface area (Å²) in [5.74, 6) is -0.312. The fraction of sp³-hybridized carbons (Fsp3) is 0.278. The van der Waals surface area contributed by atoms with Crippen molar-refractivity contribution in [2.24, 2.45) is 0 Å². The van der Waals surface area contributed by atoms with Crippen molar-refractivity contribution in [1.29, 1.82) is 0 Å². The first-order valence-electron chi connectivity index (χ1n) is 8.24. The number of amides is 1. The Kier molecular flexibility index (Phi) is 4.35. The van der Waals surface area contributed by atoms with Gasteiger partial charge >= 0.3 is 0 Å². The van der Waals surface area contributed by atoms with Gasteiger partial charge in [0.2, 0.25) is 5.91 Å². The molecule has 3 heterocycles. The highest BCUT2D eigenvalue weighted by molar-refractivity contribution is 9.10. The number of nitrogens with zero attached hydrogens (tertiary/aromatic N) is 4. The molecule has 9 heteroatoms. The number of rotatable bonds is 3. The number of aromatic nitrogens is 3. The van der Waals surface area contributed by atoms with Crippen LogP contribution in [0.3, 0.4) is 0 Å². The lowest BCUT2D eigenvalue weighted by molar-refractivity contribution is -0.144. The molecule has 1 aliphatic heterocycles. The number of halogens is 3. The van der Waals surface area contributed by atoms with Crippen LogP contribution in [0.5, 0.6) is 0 Å². The number of hydrogen-bond donors (Lipinski definition) is 0. The Morgan fingerprint density at radius 1 is 1.37 bits per heavy atom. The van der Waals surface area contributed by atoms with Crippen LogP contribution in [0, 0.1) is 0 Å². The molecular formula is C18H15BrClFN4O2. The Morgan fingerprint density at radius 2 is 2.11 bits per heavy atom. The molecule has 6 nitrogen and oxygen atoms in total. The summed E-state index contributed by atoms with van der Waals surface area (Å²) in [6.07, 6.45) is 1.31. The van der Waals surface area contributed by atoms with E-state index in [0.717, 1.165) is 5.56 Å². The van der Waals surface area contributed by atoms with Crippen molar-refractivity contribution in [3.05, 3.63) is 56.6 Å². The lowest BCUT2D eigenvalue weighted by Gasteiger charge is -2.42. The van der Waals surface area contributed by atoms with Gasteiger partial charge in [0.05, 0.1) is 13.1 Å². The van der Waals surface area contributed by atoms with Gasteiger partial charge in [0.1, 0.15) is 28.7 Å². The average molecular weight is 454 g/mol. The molecule has 1 saturated heterocycles. The summed E-state index contributed by atoms with van der Waals surface area (Å²) < 4.78 is 16.9. The summed E-state index contributed by atoms with van der Waals surface area (Å²) in [6.45, 7) is 1.35. The number of fused-ring (bicyclic) bond motifs is 1. The van der Waals surface area contributed by atoms with E-state index in [9.17, 15) is 14.0 Å². The van der Waals surface area contributed by atoms with Crippen molar-refractivity contribution in [3.8, 4) is 11.1 Å². The zero-order valence-electron chi connectivity index (χ0n) is 14.3. The monoisotopic (exact) mass is 452 g/mol. The van der Waals surface area contributed by atoms with E-state index in [1.165, 1.54) is 27.2 Å². The van der Waals surface area contributed by atoms with Crippen LogP contribution in [0.25, 0.3) is 16.6 Å². The first-order valence-corrected chi connectivity index (χ1v) is 9.42. The average Bonchev–Trinajstić information content (AvgIpc) is 2.92. The van der Waals surface area contributed by atoms with E-state index in [4.69, 9.17) is 11.6 Å². The molecule has 0 N–H and O–H groups in total. The molecule has 1 amide bonds. The van der Waals surface area contributed by atoms with Crippen molar-refractivity contribution in [3.63, 3.8) is 0 Å². The second-order valence-corrected chi connectivity index (χ2v) is 8.13. The molecule has 140 valence electrons. The number of hydrogen-bond acceptors (Lipinski definition) is 3. The molecule has 0 aliphatic carbocycles. The third kappa shape index (κ3) is 3.27. The van der Waals surface area contributed by atoms with Gasteiger partial charge in [-0.2, -0.15) is 5.10 Å². The molecule has 0 radical (unpaired) electrons. The minimum Gasteiger partial charge on any atom is -0.335 e. The lowest BCUT2D eigenvalue weighted by Crippen LogP contribution is -2.60. The third-order valence-corrected chi connectivity index (χ3v) is 5.34. The zero-order valence-corrected chi connectivity index (χ0v) is 16.7. The zero-order chi connectivity index (χ0) is 19.3. The normalized spacial score (nSPS) is 15.8. The largest absolute Gasteiger partial charge is 0.335 e. The number of carbonyl (C=O) groups is 1. The highest BCUT2D eigenvalue weighted by Gasteiger charge is 2.41. The molecule has 3 aromatic rings. The fourth-order valence-electron chi connectivity index (χ4n) is 3.25. The van der Waals surface area contributed by atoms with Crippen molar-refractivity contribution >= 4 is 39.0 Å². The summed E-state index contributed by atoms with van der Waals surface area (Å²) in [5, 5.41) is 4.80. The number of alkyl halides is 1. The van der Waals surface area contributed by atoms with Crippen LogP contribution in [0.2, 0.25) is 5.02 Å². The van der Waals surface area contributed by atoms with E-state index in [0.29, 0.717) is 20.7 Å². The Bertz CT molecular complexity index is 1120. The van der Waals surface area contributed by atoms with Gasteiger partial charge in [-0.15, -0.1) is 0 Å². The lowest BCUT2D eigenvalue weighted by atomic mass is 9.99. The van der Waals surface area contributed by atoms with Gasteiger partial charge in [-0.25, -0.2) is 8.91 Å². The van der Waals surface area contributed by atoms with Crippen molar-refractivity contribution in [2.45, 2.75) is 19.1 Å². The maximum atomic E-state index is 13.6. The van der Waals surface area contributed by atoms with E-state index in [1.54, 1.807) is 24.3 Å². The van der Waals surface area contributed by atoms with Gasteiger partial charge in [-0.3, -0.25) is 14.2 Å². The Morgan fingerprint density at radius 3 is 2.78 bits per heavy atom. The standard InChI is InChI=1S/C18H15BrClFN4O2/c1-18(21)8-24(9-18)15(26)7-23-10-22-25-14(19)6-13(16(25)17(23)27)11-3-2-4-12(20)5-11/h2-6,10H,7-9H2,1H3. The Balaban J connectivity index is 1.74. The van der Waals surface area contributed by atoms with Crippen molar-refractivity contribution < 1.29 is 9.18 Å². The van der Waals surface area contributed by atoms with E-state index in [2.05, 4.69) is 21.0 Å². The highest BCUT2D eigenvalue weighted by atomic mass is 79.9. The summed E-state index contributed by atoms with van der Waals surface area (Å²) in [4.78, 5) is 26.7. The summed E-state index contributed by atoms with van der Waals surface area (Å²) in [7, 11) is 0. The molecular weight excluding hydrogens is 439 g/mol. The predicted molar refractivity (Wildman–Crippen MR) is 104 cm³/mol. The molecule has 1 fully saturated rings. The summed E-state index contributed by atoms with van der Waals surface area (Å²) in [6, 6.07) is 8.93. The van der Waals surface area contributed by atoms with Crippen molar-refractivity contribution in [1.82, 2.24) is 19.1 Å². The quantitative estimate of drug-likeness (QED) is 0.612. The first kappa shape index (κ1) is 18.2. The molecule has 2 aromatic heterocycles. The second-order valence-electron chi connectivity index (χ2n) is 6.88. The predicted octanol–water partition coefficient (Wildman–Crippen LogP) is 3.15. The van der Waals surface area contributed by atoms with Crippen LogP contribution in [0.15, 0.2) is 46.1 Å². The van der Waals surface area contributed by atoms with Crippen LogP contribution in [-0.2, 0) is 11.3 Å². The maximum Gasteiger partial charge on any atom is 0.278 e. The van der Waals surface area contributed by atoms with Gasteiger partial charge in [-0.1, -0.05) is 23.7 Å². The molecule has 4 rings (SSSR count). The van der Waals surface area contributed by atoms with Crippen LogP contribution >= 0.6 is 27.5 Å². The van der Waals surface area contributed by atoms with Crippen LogP contribution in [0.4, 0.5) is 4.39 Å². The van der Waals surface area contributed by atoms with Gasteiger partial charge in [-0.05, 0) is 46.6 Å². The van der Waals surface area contributed by atoms with Gasteiger partial charge in [0.15, 0.2) is 0 Å². The van der Waals surface area contributed by atoms with Gasteiger partial charge < -0.3 is 4.90 Å². The molecule has 0 saturated carbocycles. The maximum absolute atomic E-state index is 13.6. The number of benzene rings is 1. The number of likely N-dealkylation sites (tertiary alicyclic amines) is 1. The second kappa shape index (κ2) is 6.45. The van der Waals surface area contributed by atoms with Gasteiger partial charge in [0.25, 0.3) is 5.56 Å². The minimum absolute atomic E-state index is 0.0424. The van der Waals surface area contributed by atoms with E-state index >= 15 is 0 Å². The molecule has 1 aliphatic rings. The molecule has 0 atom stereocenters. The van der Waals surface area contributed by atoms with E-state index in [-0.39, 0.29) is 31.1 Å². The highest BCUT2D eigenvalue weighted by Crippen LogP contribution is 2.30.